The van der Waals surface area contributed by atoms with E-state index in [0.717, 1.165) is 10.5 Å². The predicted octanol–water partition coefficient (Wildman–Crippen LogP) is 3.60. The van der Waals surface area contributed by atoms with Gasteiger partial charge in [-0.25, -0.2) is 9.18 Å². The number of nitrogens with one attached hydrogen (secondary N) is 1. The van der Waals surface area contributed by atoms with Gasteiger partial charge < -0.3 is 5.32 Å². The number of halogens is 1. The van der Waals surface area contributed by atoms with Crippen LogP contribution in [0.3, 0.4) is 0 Å². The van der Waals surface area contributed by atoms with E-state index >= 15 is 0 Å². The van der Waals surface area contributed by atoms with Gasteiger partial charge in [0.05, 0.1) is 12.1 Å². The summed E-state index contributed by atoms with van der Waals surface area (Å²) in [7, 11) is 0. The number of Topliss-reactive ketones (excluding diaryl/α,β-unsaturated/α-hetero) is 1. The molecule has 6 heteroatoms. The van der Waals surface area contributed by atoms with Crippen LogP contribution in [0.1, 0.15) is 48.2 Å². The first-order chi connectivity index (χ1) is 12.7. The number of carbonyl (C=O) groups excluding carboxylic acids is 3. The van der Waals surface area contributed by atoms with Crippen molar-refractivity contribution in [2.45, 2.75) is 32.2 Å². The summed E-state index contributed by atoms with van der Waals surface area (Å²) >= 11 is 0. The quantitative estimate of drug-likeness (QED) is 0.648. The second kappa shape index (κ2) is 6.95. The summed E-state index contributed by atoms with van der Waals surface area (Å²) < 4.78 is 13.8. The molecular weight excluding hydrogens is 347 g/mol. The Morgan fingerprint density at radius 3 is 2.33 bits per heavy atom. The number of imide groups is 1. The van der Waals surface area contributed by atoms with Crippen LogP contribution < -0.4 is 5.32 Å². The number of amides is 3. The third kappa shape index (κ3) is 3.35. The summed E-state index contributed by atoms with van der Waals surface area (Å²) in [6, 6.07) is 12.3. The average molecular weight is 368 g/mol. The van der Waals surface area contributed by atoms with Gasteiger partial charge in [0.15, 0.2) is 5.78 Å². The molecule has 0 saturated carbocycles. The van der Waals surface area contributed by atoms with Crippen molar-refractivity contribution in [2.24, 2.45) is 0 Å². The Balaban J connectivity index is 1.84. The number of hydrogen-bond donors (Lipinski definition) is 1. The van der Waals surface area contributed by atoms with Gasteiger partial charge in [-0.3, -0.25) is 14.5 Å². The van der Waals surface area contributed by atoms with Gasteiger partial charge in [0.1, 0.15) is 11.4 Å². The maximum atomic E-state index is 13.8. The molecule has 1 aliphatic heterocycles. The van der Waals surface area contributed by atoms with Crippen LogP contribution in [0, 0.1) is 5.82 Å². The van der Waals surface area contributed by atoms with Gasteiger partial charge in [-0.05, 0) is 36.1 Å². The van der Waals surface area contributed by atoms with Gasteiger partial charge in [-0.2, -0.15) is 0 Å². The van der Waals surface area contributed by atoms with Crippen LogP contribution in [0.2, 0.25) is 0 Å². The fourth-order valence-electron chi connectivity index (χ4n) is 3.15. The number of hydrogen-bond acceptors (Lipinski definition) is 3. The molecule has 0 bridgehead atoms. The van der Waals surface area contributed by atoms with E-state index in [1.54, 1.807) is 19.1 Å². The molecule has 1 N–H and O–H groups in total. The van der Waals surface area contributed by atoms with Crippen molar-refractivity contribution in [2.75, 3.05) is 6.54 Å². The van der Waals surface area contributed by atoms with Crippen molar-refractivity contribution in [1.82, 2.24) is 10.2 Å². The Morgan fingerprint density at radius 1 is 1.11 bits per heavy atom. The fraction of sp³-hybridized carbons (Fsp3) is 0.286. The van der Waals surface area contributed by atoms with E-state index in [9.17, 15) is 18.8 Å². The van der Waals surface area contributed by atoms with Crippen molar-refractivity contribution in [3.8, 4) is 0 Å². The summed E-state index contributed by atoms with van der Waals surface area (Å²) in [6.07, 6.45) is 0. The molecule has 0 aromatic heterocycles. The molecule has 140 valence electrons. The van der Waals surface area contributed by atoms with Gasteiger partial charge in [-0.15, -0.1) is 0 Å². The lowest BCUT2D eigenvalue weighted by atomic mass is 9.90. The van der Waals surface area contributed by atoms with E-state index in [0.29, 0.717) is 11.5 Å². The summed E-state index contributed by atoms with van der Waals surface area (Å²) in [5.41, 5.74) is 0.340. The molecule has 0 radical (unpaired) electrons. The predicted molar refractivity (Wildman–Crippen MR) is 98.9 cm³/mol. The minimum absolute atomic E-state index is 0.145. The van der Waals surface area contributed by atoms with Crippen molar-refractivity contribution in [3.05, 3.63) is 71.0 Å². The Hall–Kier alpha value is -3.02. The summed E-state index contributed by atoms with van der Waals surface area (Å²) in [5.74, 6) is -1.50. The first-order valence-electron chi connectivity index (χ1n) is 8.76. The highest BCUT2D eigenvalue weighted by atomic mass is 19.1. The van der Waals surface area contributed by atoms with E-state index in [-0.39, 0.29) is 5.56 Å². The molecule has 2 aromatic rings. The number of carbonyl (C=O) groups is 3. The molecule has 0 unspecified atom stereocenters. The summed E-state index contributed by atoms with van der Waals surface area (Å²) in [4.78, 5) is 38.5. The van der Waals surface area contributed by atoms with E-state index in [1.807, 2.05) is 12.1 Å². The van der Waals surface area contributed by atoms with Crippen molar-refractivity contribution in [1.29, 1.82) is 0 Å². The van der Waals surface area contributed by atoms with Gasteiger partial charge in [0, 0.05) is 0 Å². The Bertz CT molecular complexity index is 908. The van der Waals surface area contributed by atoms with Crippen molar-refractivity contribution >= 4 is 17.7 Å². The molecule has 1 saturated heterocycles. The lowest BCUT2D eigenvalue weighted by molar-refractivity contribution is -0.130. The molecule has 27 heavy (non-hydrogen) atoms. The SMILES string of the molecule is CC(C)c1ccc([C@@]2(C)NC(=O)N(CC(=O)c3ccccc3F)C2=O)cc1. The number of nitrogens with zero attached hydrogens (tertiary/aromatic N) is 1. The monoisotopic (exact) mass is 368 g/mol. The van der Waals surface area contributed by atoms with Crippen LogP contribution in [-0.2, 0) is 10.3 Å². The maximum Gasteiger partial charge on any atom is 0.325 e. The van der Waals surface area contributed by atoms with Gasteiger partial charge in [0.2, 0.25) is 0 Å². The van der Waals surface area contributed by atoms with Crippen LogP contribution in [0.25, 0.3) is 0 Å². The first kappa shape index (κ1) is 18.8. The van der Waals surface area contributed by atoms with Crippen LogP contribution in [-0.4, -0.2) is 29.2 Å². The average Bonchev–Trinajstić information content (AvgIpc) is 2.86. The zero-order valence-electron chi connectivity index (χ0n) is 15.5. The third-order valence-electron chi connectivity index (χ3n) is 4.91. The molecule has 0 aliphatic carbocycles. The van der Waals surface area contributed by atoms with Crippen LogP contribution in [0.15, 0.2) is 48.5 Å². The summed E-state index contributed by atoms with van der Waals surface area (Å²) in [5, 5.41) is 2.66. The third-order valence-corrected chi connectivity index (χ3v) is 4.91. The fourth-order valence-corrected chi connectivity index (χ4v) is 3.15. The highest BCUT2D eigenvalue weighted by molar-refractivity contribution is 6.11. The van der Waals surface area contributed by atoms with Crippen molar-refractivity contribution < 1.29 is 18.8 Å². The van der Waals surface area contributed by atoms with Gasteiger partial charge >= 0.3 is 6.03 Å². The van der Waals surface area contributed by atoms with E-state index in [1.165, 1.54) is 24.3 Å². The highest BCUT2D eigenvalue weighted by Crippen LogP contribution is 2.30. The Morgan fingerprint density at radius 2 is 1.74 bits per heavy atom. The molecule has 5 nitrogen and oxygen atoms in total. The van der Waals surface area contributed by atoms with Gasteiger partial charge in [-0.1, -0.05) is 50.2 Å². The topological polar surface area (TPSA) is 66.5 Å². The van der Waals surface area contributed by atoms with Crippen LogP contribution in [0.4, 0.5) is 9.18 Å². The first-order valence-corrected chi connectivity index (χ1v) is 8.76. The zero-order valence-corrected chi connectivity index (χ0v) is 15.5. The second-order valence-electron chi connectivity index (χ2n) is 7.13. The van der Waals surface area contributed by atoms with Gasteiger partial charge in [0.25, 0.3) is 5.91 Å². The lowest BCUT2D eigenvalue weighted by Gasteiger charge is -2.22. The minimum Gasteiger partial charge on any atom is -0.319 e. The zero-order chi connectivity index (χ0) is 19.8. The molecular formula is C21H21FN2O3. The van der Waals surface area contributed by atoms with E-state index in [4.69, 9.17) is 0 Å². The van der Waals surface area contributed by atoms with Crippen LogP contribution >= 0.6 is 0 Å². The van der Waals surface area contributed by atoms with Crippen LogP contribution in [0.5, 0.6) is 0 Å². The van der Waals surface area contributed by atoms with E-state index < -0.39 is 35.6 Å². The van der Waals surface area contributed by atoms with Crippen molar-refractivity contribution in [3.63, 3.8) is 0 Å². The lowest BCUT2D eigenvalue weighted by Crippen LogP contribution is -2.41. The molecule has 3 rings (SSSR count). The molecule has 2 aromatic carbocycles. The number of rotatable bonds is 5. The standard InChI is InChI=1S/C21H21FN2O3/c1-13(2)14-8-10-15(11-9-14)21(3)19(26)24(20(27)23-21)12-18(25)16-6-4-5-7-17(16)22/h4-11,13H,12H2,1-3H3,(H,23,27)/t21-/m1/s1. The maximum absolute atomic E-state index is 13.8. The minimum atomic E-state index is -1.26. The Kier molecular flexibility index (Phi) is 4.83. The Labute approximate surface area is 157 Å². The molecule has 1 atom stereocenters. The smallest absolute Gasteiger partial charge is 0.319 e. The number of benzene rings is 2. The highest BCUT2D eigenvalue weighted by Gasteiger charge is 2.49. The number of urea groups is 1. The molecule has 1 heterocycles. The van der Waals surface area contributed by atoms with E-state index in [2.05, 4.69) is 19.2 Å². The normalized spacial score (nSPS) is 19.5. The largest absolute Gasteiger partial charge is 0.325 e. The molecule has 0 spiro atoms. The molecule has 3 amide bonds. The molecule has 1 aliphatic rings. The molecule has 1 fully saturated rings. The summed E-state index contributed by atoms with van der Waals surface area (Å²) in [6.45, 7) is 5.22. The number of ketones is 1. The second-order valence-corrected chi connectivity index (χ2v) is 7.13.